The lowest BCUT2D eigenvalue weighted by molar-refractivity contribution is 0.477. The summed E-state index contributed by atoms with van der Waals surface area (Å²) in [5.74, 6) is 0.114. The van der Waals surface area contributed by atoms with Crippen LogP contribution in [0.3, 0.4) is 0 Å². The van der Waals surface area contributed by atoms with Crippen LogP contribution < -0.4 is 0 Å². The van der Waals surface area contributed by atoms with E-state index in [0.29, 0.717) is 15.5 Å². The van der Waals surface area contributed by atoms with E-state index < -0.39 is 0 Å². The van der Waals surface area contributed by atoms with Crippen molar-refractivity contribution in [1.82, 2.24) is 9.97 Å². The highest BCUT2D eigenvalue weighted by molar-refractivity contribution is 9.11. The van der Waals surface area contributed by atoms with Crippen molar-refractivity contribution < 1.29 is 5.11 Å². The molecule has 0 saturated heterocycles. The van der Waals surface area contributed by atoms with Gasteiger partial charge in [0, 0.05) is 4.47 Å². The van der Waals surface area contributed by atoms with E-state index in [1.54, 1.807) is 6.07 Å². The normalized spacial score (nSPS) is 11.3. The molecule has 3 rings (SSSR count). The number of phenolic OH excluding ortho intramolecular Hbond substituents is 1. The maximum atomic E-state index is 10.0. The van der Waals surface area contributed by atoms with Crippen LogP contribution in [0.15, 0.2) is 33.2 Å². The highest BCUT2D eigenvalue weighted by Gasteiger charge is 2.12. The fourth-order valence-electron chi connectivity index (χ4n) is 1.86. The predicted molar refractivity (Wildman–Crippen MR) is 78.8 cm³/mol. The van der Waals surface area contributed by atoms with Gasteiger partial charge in [-0.1, -0.05) is 6.07 Å². The average Bonchev–Trinajstić information content (AvgIpc) is 2.34. The number of benzene rings is 2. The van der Waals surface area contributed by atoms with Gasteiger partial charge in [-0.3, -0.25) is 0 Å². The summed E-state index contributed by atoms with van der Waals surface area (Å²) in [7, 11) is 0. The summed E-state index contributed by atoms with van der Waals surface area (Å²) in [4.78, 5) is 9.02. The first-order valence-electron chi connectivity index (χ1n) is 5.31. The number of nitrogens with zero attached hydrogens (tertiary/aromatic N) is 2. The fourth-order valence-corrected chi connectivity index (χ4v) is 3.09. The molecule has 1 N–H and O–H groups in total. The zero-order valence-electron chi connectivity index (χ0n) is 9.41. The van der Waals surface area contributed by atoms with E-state index in [4.69, 9.17) is 0 Å². The van der Waals surface area contributed by atoms with Gasteiger partial charge in [0.1, 0.15) is 11.0 Å². The Morgan fingerprint density at radius 1 is 0.944 bits per heavy atom. The third kappa shape index (κ3) is 1.78. The zero-order chi connectivity index (χ0) is 12.9. The van der Waals surface area contributed by atoms with Gasteiger partial charge in [-0.15, -0.1) is 0 Å². The number of halogens is 2. The molecular weight excluding hydrogens is 360 g/mol. The second-order valence-corrected chi connectivity index (χ2v) is 5.81. The molecule has 0 fully saturated rings. The second kappa shape index (κ2) is 4.17. The van der Waals surface area contributed by atoms with Gasteiger partial charge in [-0.25, -0.2) is 9.97 Å². The molecule has 0 amide bonds. The molecule has 1 heterocycles. The van der Waals surface area contributed by atoms with Gasteiger partial charge in [0.15, 0.2) is 5.75 Å². The van der Waals surface area contributed by atoms with Gasteiger partial charge in [0.25, 0.3) is 0 Å². The maximum absolute atomic E-state index is 10.0. The van der Waals surface area contributed by atoms with Gasteiger partial charge < -0.3 is 5.11 Å². The Labute approximate surface area is 120 Å². The van der Waals surface area contributed by atoms with Crippen LogP contribution >= 0.6 is 31.9 Å². The highest BCUT2D eigenvalue weighted by atomic mass is 79.9. The van der Waals surface area contributed by atoms with Crippen LogP contribution in [0, 0.1) is 6.92 Å². The van der Waals surface area contributed by atoms with Crippen molar-refractivity contribution in [3.63, 3.8) is 0 Å². The molecule has 18 heavy (non-hydrogen) atoms. The summed E-state index contributed by atoms with van der Waals surface area (Å²) in [5.41, 5.74) is 3.88. The Balaban J connectivity index is 2.52. The van der Waals surface area contributed by atoms with Crippen LogP contribution in [0.1, 0.15) is 5.56 Å². The molecule has 0 aliphatic carbocycles. The Bertz CT molecular complexity index is 787. The van der Waals surface area contributed by atoms with Crippen LogP contribution in [0.25, 0.3) is 22.1 Å². The van der Waals surface area contributed by atoms with Crippen molar-refractivity contribution in [1.29, 1.82) is 0 Å². The van der Waals surface area contributed by atoms with Gasteiger partial charge in [-0.2, -0.15) is 0 Å². The number of rotatable bonds is 0. The van der Waals surface area contributed by atoms with Crippen molar-refractivity contribution in [2.24, 2.45) is 0 Å². The van der Waals surface area contributed by atoms with Crippen LogP contribution in [0.5, 0.6) is 5.75 Å². The van der Waals surface area contributed by atoms with E-state index >= 15 is 0 Å². The molecule has 1 aromatic heterocycles. The molecule has 0 atom stereocenters. The van der Waals surface area contributed by atoms with Crippen molar-refractivity contribution in [3.8, 4) is 5.75 Å². The van der Waals surface area contributed by atoms with Crippen molar-refractivity contribution >= 4 is 53.9 Å². The Kier molecular flexibility index (Phi) is 2.75. The molecule has 0 unspecified atom stereocenters. The van der Waals surface area contributed by atoms with Crippen LogP contribution in [0.2, 0.25) is 0 Å². The molecule has 0 aliphatic heterocycles. The van der Waals surface area contributed by atoms with E-state index in [9.17, 15) is 5.11 Å². The van der Waals surface area contributed by atoms with E-state index in [-0.39, 0.29) is 5.75 Å². The molecule has 2 aromatic carbocycles. The highest BCUT2D eigenvalue weighted by Crippen LogP contribution is 2.36. The summed E-state index contributed by atoms with van der Waals surface area (Å²) in [5, 5.41) is 10.0. The molecule has 3 nitrogen and oxygen atoms in total. The summed E-state index contributed by atoms with van der Waals surface area (Å²) in [6.45, 7) is 2.01. The van der Waals surface area contributed by atoms with Gasteiger partial charge in [-0.05, 0) is 62.5 Å². The molecule has 5 heteroatoms. The number of fused-ring (bicyclic) bond motifs is 2. The van der Waals surface area contributed by atoms with Gasteiger partial charge >= 0.3 is 0 Å². The van der Waals surface area contributed by atoms with E-state index in [2.05, 4.69) is 41.8 Å². The fraction of sp³-hybridized carbons (Fsp3) is 0.0769. The number of phenols is 1. The average molecular weight is 368 g/mol. The minimum Gasteiger partial charge on any atom is -0.504 e. The summed E-state index contributed by atoms with van der Waals surface area (Å²) < 4.78 is 1.40. The first kappa shape index (κ1) is 11.9. The smallest absolute Gasteiger partial charge is 0.157 e. The molecule has 3 aromatic rings. The standard InChI is InChI=1S/C13H8Br2N2O/c1-6-2-3-9-10(4-6)17-11-7(14)5-8(15)13(18)12(11)16-9/h2-5,18H,1H3. The van der Waals surface area contributed by atoms with Crippen molar-refractivity contribution in [3.05, 3.63) is 38.8 Å². The number of hydrogen-bond donors (Lipinski definition) is 1. The first-order valence-corrected chi connectivity index (χ1v) is 6.90. The Morgan fingerprint density at radius 3 is 2.44 bits per heavy atom. The summed E-state index contributed by atoms with van der Waals surface area (Å²) in [6, 6.07) is 7.64. The summed E-state index contributed by atoms with van der Waals surface area (Å²) >= 11 is 6.74. The van der Waals surface area contributed by atoms with Crippen LogP contribution in [0.4, 0.5) is 0 Å². The number of aryl methyl sites for hydroxylation is 1. The lowest BCUT2D eigenvalue weighted by Gasteiger charge is -2.06. The van der Waals surface area contributed by atoms with Crippen LogP contribution in [-0.4, -0.2) is 15.1 Å². The first-order chi connectivity index (χ1) is 8.56. The lowest BCUT2D eigenvalue weighted by Crippen LogP contribution is -1.90. The molecular formula is C13H8Br2N2O. The monoisotopic (exact) mass is 366 g/mol. The van der Waals surface area contributed by atoms with E-state index in [1.165, 1.54) is 0 Å². The number of aromatic nitrogens is 2. The van der Waals surface area contributed by atoms with Gasteiger partial charge in [0.2, 0.25) is 0 Å². The predicted octanol–water partition coefficient (Wildman–Crippen LogP) is 4.32. The Morgan fingerprint density at radius 2 is 1.67 bits per heavy atom. The minimum absolute atomic E-state index is 0.114. The van der Waals surface area contributed by atoms with Gasteiger partial charge in [0.05, 0.1) is 15.5 Å². The number of hydrogen-bond acceptors (Lipinski definition) is 3. The second-order valence-electron chi connectivity index (χ2n) is 4.10. The zero-order valence-corrected chi connectivity index (χ0v) is 12.6. The largest absolute Gasteiger partial charge is 0.504 e. The molecule has 0 spiro atoms. The van der Waals surface area contributed by atoms with E-state index in [1.807, 2.05) is 25.1 Å². The molecule has 0 bridgehead atoms. The third-order valence-electron chi connectivity index (χ3n) is 2.75. The third-order valence-corrected chi connectivity index (χ3v) is 3.96. The van der Waals surface area contributed by atoms with Crippen molar-refractivity contribution in [2.75, 3.05) is 0 Å². The molecule has 90 valence electrons. The SMILES string of the molecule is Cc1ccc2nc3c(O)c(Br)cc(Br)c3nc2c1. The molecule has 0 radical (unpaired) electrons. The number of aromatic hydroxyl groups is 1. The topological polar surface area (TPSA) is 46.0 Å². The molecule has 0 aliphatic rings. The van der Waals surface area contributed by atoms with Crippen molar-refractivity contribution in [2.45, 2.75) is 6.92 Å². The van der Waals surface area contributed by atoms with E-state index in [0.717, 1.165) is 21.1 Å². The summed E-state index contributed by atoms with van der Waals surface area (Å²) in [6.07, 6.45) is 0. The minimum atomic E-state index is 0.114. The Hall–Kier alpha value is -1.20. The lowest BCUT2D eigenvalue weighted by atomic mass is 10.2. The van der Waals surface area contributed by atoms with Crippen LogP contribution in [-0.2, 0) is 0 Å². The quantitative estimate of drug-likeness (QED) is 0.602. The maximum Gasteiger partial charge on any atom is 0.157 e. The molecule has 0 saturated carbocycles.